The van der Waals surface area contributed by atoms with E-state index in [0.29, 0.717) is 6.42 Å². The minimum atomic E-state index is -0.00208. The first-order chi connectivity index (χ1) is 7.77. The molecule has 16 heavy (non-hydrogen) atoms. The van der Waals surface area contributed by atoms with Gasteiger partial charge in [0.25, 0.3) is 0 Å². The SMILES string of the molecule is O=CCC1(c2cccc(Cl)c2)CCNCC1. The molecule has 1 fully saturated rings. The fraction of sp³-hybridized carbons (Fsp3) is 0.462. The normalized spacial score (nSPS) is 19.3. The highest BCUT2D eigenvalue weighted by molar-refractivity contribution is 6.30. The van der Waals surface area contributed by atoms with Gasteiger partial charge in [-0.2, -0.15) is 0 Å². The molecule has 2 nitrogen and oxygen atoms in total. The summed E-state index contributed by atoms with van der Waals surface area (Å²) in [6.45, 7) is 1.95. The van der Waals surface area contributed by atoms with Gasteiger partial charge in [0.1, 0.15) is 6.29 Å². The van der Waals surface area contributed by atoms with Crippen molar-refractivity contribution >= 4 is 17.9 Å². The van der Waals surface area contributed by atoms with E-state index in [1.807, 2.05) is 18.2 Å². The molecule has 1 heterocycles. The lowest BCUT2D eigenvalue weighted by molar-refractivity contribution is -0.109. The zero-order chi connectivity index (χ0) is 11.4. The summed E-state index contributed by atoms with van der Waals surface area (Å²) in [7, 11) is 0. The Morgan fingerprint density at radius 1 is 1.38 bits per heavy atom. The molecule has 0 atom stereocenters. The largest absolute Gasteiger partial charge is 0.317 e. The molecule has 1 aromatic rings. The molecule has 0 radical (unpaired) electrons. The topological polar surface area (TPSA) is 29.1 Å². The van der Waals surface area contributed by atoms with E-state index in [9.17, 15) is 4.79 Å². The van der Waals surface area contributed by atoms with Crippen molar-refractivity contribution in [3.63, 3.8) is 0 Å². The number of aldehydes is 1. The monoisotopic (exact) mass is 237 g/mol. The van der Waals surface area contributed by atoms with Crippen LogP contribution in [-0.2, 0) is 10.2 Å². The summed E-state index contributed by atoms with van der Waals surface area (Å²) in [5.74, 6) is 0. The van der Waals surface area contributed by atoms with Gasteiger partial charge in [0.15, 0.2) is 0 Å². The number of carbonyl (C=O) groups excluding carboxylic acids is 1. The third-order valence-electron chi connectivity index (χ3n) is 3.47. The molecular weight excluding hydrogens is 222 g/mol. The van der Waals surface area contributed by atoms with Crippen LogP contribution in [0.25, 0.3) is 0 Å². The van der Waals surface area contributed by atoms with Crippen molar-refractivity contribution in [1.82, 2.24) is 5.32 Å². The van der Waals surface area contributed by atoms with Gasteiger partial charge in [0, 0.05) is 16.9 Å². The Labute approximate surface area is 101 Å². The average Bonchev–Trinajstić information content (AvgIpc) is 2.31. The van der Waals surface area contributed by atoms with E-state index in [1.165, 1.54) is 5.56 Å². The van der Waals surface area contributed by atoms with Crippen LogP contribution >= 0.6 is 11.6 Å². The molecule has 1 aromatic carbocycles. The molecule has 0 amide bonds. The molecule has 0 bridgehead atoms. The molecule has 1 aliphatic rings. The molecule has 1 aliphatic heterocycles. The Kier molecular flexibility index (Phi) is 3.62. The van der Waals surface area contributed by atoms with Gasteiger partial charge >= 0.3 is 0 Å². The minimum absolute atomic E-state index is 0.00208. The predicted octanol–water partition coefficient (Wildman–Crippen LogP) is 2.55. The molecule has 0 aliphatic carbocycles. The van der Waals surface area contributed by atoms with Crippen LogP contribution in [0.1, 0.15) is 24.8 Å². The Bertz CT molecular complexity index is 372. The molecule has 0 unspecified atom stereocenters. The fourth-order valence-electron chi connectivity index (χ4n) is 2.49. The first-order valence-corrected chi connectivity index (χ1v) is 6.05. The first kappa shape index (κ1) is 11.6. The highest BCUT2D eigenvalue weighted by Gasteiger charge is 2.33. The highest BCUT2D eigenvalue weighted by atomic mass is 35.5. The highest BCUT2D eigenvalue weighted by Crippen LogP contribution is 2.36. The maximum atomic E-state index is 10.9. The zero-order valence-electron chi connectivity index (χ0n) is 9.21. The van der Waals surface area contributed by atoms with Crippen LogP contribution < -0.4 is 5.32 Å². The number of hydrogen-bond acceptors (Lipinski definition) is 2. The number of hydrogen-bond donors (Lipinski definition) is 1. The van der Waals surface area contributed by atoms with Gasteiger partial charge in [0.2, 0.25) is 0 Å². The minimum Gasteiger partial charge on any atom is -0.317 e. The number of nitrogens with one attached hydrogen (secondary N) is 1. The van der Waals surface area contributed by atoms with Crippen LogP contribution in [0.5, 0.6) is 0 Å². The second-order valence-electron chi connectivity index (χ2n) is 4.41. The molecule has 86 valence electrons. The van der Waals surface area contributed by atoms with E-state index in [4.69, 9.17) is 11.6 Å². The van der Waals surface area contributed by atoms with Crippen molar-refractivity contribution in [1.29, 1.82) is 0 Å². The van der Waals surface area contributed by atoms with Crippen molar-refractivity contribution < 1.29 is 4.79 Å². The Balaban J connectivity index is 2.34. The first-order valence-electron chi connectivity index (χ1n) is 5.67. The molecular formula is C13H16ClNO. The lowest BCUT2D eigenvalue weighted by atomic mass is 9.71. The average molecular weight is 238 g/mol. The number of rotatable bonds is 3. The van der Waals surface area contributed by atoms with E-state index in [0.717, 1.165) is 37.2 Å². The smallest absolute Gasteiger partial charge is 0.120 e. The summed E-state index contributed by atoms with van der Waals surface area (Å²) in [4.78, 5) is 10.9. The maximum Gasteiger partial charge on any atom is 0.120 e. The van der Waals surface area contributed by atoms with Crippen LogP contribution in [0.15, 0.2) is 24.3 Å². The molecule has 2 rings (SSSR count). The van der Waals surface area contributed by atoms with Crippen molar-refractivity contribution in [3.05, 3.63) is 34.9 Å². The number of halogens is 1. The lowest BCUT2D eigenvalue weighted by Gasteiger charge is -2.37. The van der Waals surface area contributed by atoms with Gasteiger partial charge in [-0.15, -0.1) is 0 Å². The zero-order valence-corrected chi connectivity index (χ0v) is 9.96. The molecule has 1 saturated heterocycles. The molecule has 0 saturated carbocycles. The van der Waals surface area contributed by atoms with Crippen molar-refractivity contribution in [3.8, 4) is 0 Å². The number of piperidine rings is 1. The van der Waals surface area contributed by atoms with Crippen molar-refractivity contribution in [2.45, 2.75) is 24.7 Å². The van der Waals surface area contributed by atoms with E-state index in [-0.39, 0.29) is 5.41 Å². The Morgan fingerprint density at radius 2 is 2.12 bits per heavy atom. The van der Waals surface area contributed by atoms with Crippen molar-refractivity contribution in [2.24, 2.45) is 0 Å². The molecule has 3 heteroatoms. The van der Waals surface area contributed by atoms with Gasteiger partial charge in [-0.3, -0.25) is 0 Å². The Hall–Kier alpha value is -0.860. The maximum absolute atomic E-state index is 10.9. The summed E-state index contributed by atoms with van der Waals surface area (Å²) >= 11 is 6.02. The summed E-state index contributed by atoms with van der Waals surface area (Å²) in [6.07, 6.45) is 3.64. The molecule has 0 aromatic heterocycles. The summed E-state index contributed by atoms with van der Waals surface area (Å²) < 4.78 is 0. The lowest BCUT2D eigenvalue weighted by Crippen LogP contribution is -2.40. The van der Waals surface area contributed by atoms with Gasteiger partial charge in [-0.25, -0.2) is 0 Å². The van der Waals surface area contributed by atoms with Crippen LogP contribution in [0.2, 0.25) is 5.02 Å². The standard InChI is InChI=1S/C13H16ClNO/c14-12-3-1-2-11(10-12)13(6-9-16)4-7-15-8-5-13/h1-3,9-10,15H,4-8H2. The number of carbonyl (C=O) groups is 1. The van der Waals surface area contributed by atoms with Gasteiger partial charge < -0.3 is 10.1 Å². The second kappa shape index (κ2) is 4.98. The van der Waals surface area contributed by atoms with E-state index < -0.39 is 0 Å². The molecule has 1 N–H and O–H groups in total. The molecule has 0 spiro atoms. The van der Waals surface area contributed by atoms with Gasteiger partial charge in [-0.1, -0.05) is 23.7 Å². The van der Waals surface area contributed by atoms with E-state index in [1.54, 1.807) is 0 Å². The summed E-state index contributed by atoms with van der Waals surface area (Å²) in [5, 5.41) is 4.08. The van der Waals surface area contributed by atoms with Crippen LogP contribution in [0.3, 0.4) is 0 Å². The number of benzene rings is 1. The Morgan fingerprint density at radius 3 is 2.75 bits per heavy atom. The van der Waals surface area contributed by atoms with Crippen LogP contribution in [0.4, 0.5) is 0 Å². The third-order valence-corrected chi connectivity index (χ3v) is 3.71. The van der Waals surface area contributed by atoms with Gasteiger partial charge in [0.05, 0.1) is 0 Å². The quantitative estimate of drug-likeness (QED) is 0.819. The van der Waals surface area contributed by atoms with E-state index in [2.05, 4.69) is 11.4 Å². The van der Waals surface area contributed by atoms with Crippen LogP contribution in [0, 0.1) is 0 Å². The summed E-state index contributed by atoms with van der Waals surface area (Å²) in [6, 6.07) is 7.92. The predicted molar refractivity (Wildman–Crippen MR) is 65.9 cm³/mol. The fourth-order valence-corrected chi connectivity index (χ4v) is 2.68. The van der Waals surface area contributed by atoms with E-state index >= 15 is 0 Å². The third kappa shape index (κ3) is 2.28. The second-order valence-corrected chi connectivity index (χ2v) is 4.85. The van der Waals surface area contributed by atoms with Crippen LogP contribution in [-0.4, -0.2) is 19.4 Å². The summed E-state index contributed by atoms with van der Waals surface area (Å²) in [5.41, 5.74) is 1.20. The van der Waals surface area contributed by atoms with Gasteiger partial charge in [-0.05, 0) is 43.6 Å². The van der Waals surface area contributed by atoms with Crippen molar-refractivity contribution in [2.75, 3.05) is 13.1 Å².